The maximum atomic E-state index is 15.6. The molecule has 0 saturated carbocycles. The van der Waals surface area contributed by atoms with Gasteiger partial charge in [0.1, 0.15) is 11.6 Å². The molecule has 0 aliphatic carbocycles. The molecular weight excluding hydrogens is 695 g/mol. The second kappa shape index (κ2) is 13.7. The van der Waals surface area contributed by atoms with Gasteiger partial charge in [0, 0.05) is 29.0 Å². The second-order valence-electron chi connectivity index (χ2n) is 14.8. The normalized spacial score (nSPS) is 21.4. The van der Waals surface area contributed by atoms with E-state index < -0.39 is 55.0 Å². The van der Waals surface area contributed by atoms with Crippen molar-refractivity contribution < 1.29 is 31.3 Å². The molecule has 1 unspecified atom stereocenters. The molecule has 3 heterocycles. The first-order valence-corrected chi connectivity index (χ1v) is 19.9. The van der Waals surface area contributed by atoms with E-state index in [1.807, 2.05) is 45.0 Å². The van der Waals surface area contributed by atoms with Crippen LogP contribution in [0, 0.1) is 23.0 Å². The topological polar surface area (TPSA) is 135 Å². The van der Waals surface area contributed by atoms with Gasteiger partial charge < -0.3 is 10.1 Å². The lowest BCUT2D eigenvalue weighted by Crippen LogP contribution is -2.29. The Labute approximate surface area is 298 Å². The van der Waals surface area contributed by atoms with Crippen molar-refractivity contribution in [1.29, 1.82) is 0 Å². The Morgan fingerprint density at radius 3 is 2.59 bits per heavy atom. The molecule has 51 heavy (non-hydrogen) atoms. The van der Waals surface area contributed by atoms with Crippen LogP contribution in [0.3, 0.4) is 0 Å². The summed E-state index contributed by atoms with van der Waals surface area (Å²) in [7, 11) is -3.92. The number of aromatic nitrogens is 4. The minimum Gasteiger partial charge on any atom is -0.481 e. The molecule has 0 radical (unpaired) electrons. The minimum atomic E-state index is -3.51. The number of hydrogen-bond acceptors (Lipinski definition) is 6. The minimum absolute atomic E-state index is 0.0363. The summed E-state index contributed by atoms with van der Waals surface area (Å²) in [5.41, 5.74) is 1.44. The van der Waals surface area contributed by atoms with E-state index in [-0.39, 0.29) is 39.1 Å². The van der Waals surface area contributed by atoms with Crippen LogP contribution in [0.2, 0.25) is 0 Å². The number of aliphatic carboxylic acids is 1. The third kappa shape index (κ3) is 7.55. The summed E-state index contributed by atoms with van der Waals surface area (Å²) in [4.78, 5) is 19.6. The average Bonchev–Trinajstić information content (AvgIpc) is 3.65. The van der Waals surface area contributed by atoms with Crippen LogP contribution in [0.4, 0.5) is 8.78 Å². The quantitative estimate of drug-likeness (QED) is 0.200. The van der Waals surface area contributed by atoms with Gasteiger partial charge in [-0.3, -0.25) is 4.79 Å². The van der Waals surface area contributed by atoms with Crippen LogP contribution in [0.25, 0.3) is 22.3 Å². The number of hydrogen-bond donors (Lipinski definition) is 2. The SMILES string of the molecule is C[C@@H](Cc1cccc([C@@]2(C)CCCC(C)(C)CS(=O)(=O)CCc3c[nH]c4cc(F)c(cc34)S(=O)c3ccc(F)c(c3)-c3nc2nn3C)c1)C(=O)O. The van der Waals surface area contributed by atoms with Gasteiger partial charge in [-0.2, -0.15) is 5.10 Å². The molecule has 13 heteroatoms. The number of halogens is 2. The monoisotopic (exact) mass is 736 g/mol. The van der Waals surface area contributed by atoms with Crippen LogP contribution in [-0.2, 0) is 50.7 Å². The zero-order chi connectivity index (χ0) is 36.9. The molecule has 2 aromatic heterocycles. The van der Waals surface area contributed by atoms with Crippen LogP contribution < -0.4 is 0 Å². The summed E-state index contributed by atoms with van der Waals surface area (Å²) < 4.78 is 73.4. The number of aryl methyl sites for hydroxylation is 2. The van der Waals surface area contributed by atoms with Crippen LogP contribution in [-0.4, -0.2) is 55.0 Å². The van der Waals surface area contributed by atoms with Crippen molar-refractivity contribution in [2.24, 2.45) is 18.4 Å². The van der Waals surface area contributed by atoms with Gasteiger partial charge >= 0.3 is 5.97 Å². The van der Waals surface area contributed by atoms with Gasteiger partial charge in [-0.25, -0.2) is 31.1 Å². The molecule has 6 bridgehead atoms. The largest absolute Gasteiger partial charge is 0.481 e. The number of carboxylic acids is 1. The van der Waals surface area contributed by atoms with E-state index in [1.165, 1.54) is 35.0 Å². The fourth-order valence-corrected chi connectivity index (χ4v) is 10.2. The Morgan fingerprint density at radius 2 is 1.84 bits per heavy atom. The molecule has 0 saturated heterocycles. The van der Waals surface area contributed by atoms with Crippen molar-refractivity contribution in [3.63, 3.8) is 0 Å². The zero-order valence-corrected chi connectivity index (χ0v) is 30.9. The lowest BCUT2D eigenvalue weighted by Gasteiger charge is -2.31. The number of aromatic amines is 1. The van der Waals surface area contributed by atoms with Gasteiger partial charge in [0.25, 0.3) is 0 Å². The van der Waals surface area contributed by atoms with Crippen molar-refractivity contribution in [2.75, 3.05) is 11.5 Å². The Morgan fingerprint density at radius 1 is 1.08 bits per heavy atom. The standard InChI is InChI=1S/C38H42F2N4O5S2/c1-23(35(45)46)16-24-8-6-9-26(17-24)38(4)14-7-13-37(2,3)22-51(48,49)15-12-25-21-41-32-20-31(40)33(19-28(25)32)50(47)27-10-11-30(39)29(18-27)34-42-36(38)43-44(34)5/h6,8-11,17-21,23,41H,7,12-16,22H2,1-5H3,(H,45,46)/t23-,38+,50?/m0/s1. The summed E-state index contributed by atoms with van der Waals surface area (Å²) in [6.07, 6.45) is 3.87. The first kappa shape index (κ1) is 36.6. The molecule has 0 fully saturated rings. The van der Waals surface area contributed by atoms with Crippen molar-refractivity contribution in [2.45, 2.75) is 75.0 Å². The molecule has 0 spiro atoms. The van der Waals surface area contributed by atoms with Crippen molar-refractivity contribution in [3.05, 3.63) is 94.9 Å². The Hall–Kier alpha value is -4.23. The molecule has 3 atom stereocenters. The van der Waals surface area contributed by atoms with E-state index >= 15 is 8.78 Å². The maximum absolute atomic E-state index is 15.6. The average molecular weight is 737 g/mol. The summed E-state index contributed by atoms with van der Waals surface area (Å²) >= 11 is 0. The molecule has 2 N–H and O–H groups in total. The van der Waals surface area contributed by atoms with Crippen LogP contribution in [0.5, 0.6) is 0 Å². The number of carboxylic acid groups (broad SMARTS) is 1. The summed E-state index contributed by atoms with van der Waals surface area (Å²) in [5, 5.41) is 14.9. The van der Waals surface area contributed by atoms with E-state index in [4.69, 9.17) is 10.1 Å². The van der Waals surface area contributed by atoms with Crippen molar-refractivity contribution in [1.82, 2.24) is 19.7 Å². The van der Waals surface area contributed by atoms with E-state index in [0.29, 0.717) is 48.0 Å². The summed E-state index contributed by atoms with van der Waals surface area (Å²) in [6, 6.07) is 14.3. The second-order valence-corrected chi connectivity index (χ2v) is 18.4. The number of H-pyrrole nitrogens is 1. The fourth-order valence-electron chi connectivity index (χ4n) is 7.09. The van der Waals surface area contributed by atoms with E-state index in [1.54, 1.807) is 20.2 Å². The summed E-state index contributed by atoms with van der Waals surface area (Å²) in [5.74, 6) is -2.39. The van der Waals surface area contributed by atoms with Crippen LogP contribution in [0.1, 0.15) is 69.5 Å². The highest BCUT2D eigenvalue weighted by Crippen LogP contribution is 2.39. The van der Waals surface area contributed by atoms with E-state index in [2.05, 4.69) is 4.98 Å². The van der Waals surface area contributed by atoms with Crippen molar-refractivity contribution >= 4 is 37.5 Å². The molecule has 6 rings (SSSR count). The summed E-state index contributed by atoms with van der Waals surface area (Å²) in [6.45, 7) is 7.51. The number of benzene rings is 3. The Kier molecular flexibility index (Phi) is 9.83. The first-order valence-electron chi connectivity index (χ1n) is 16.9. The lowest BCUT2D eigenvalue weighted by atomic mass is 9.75. The number of rotatable bonds is 4. The van der Waals surface area contributed by atoms with Crippen molar-refractivity contribution in [3.8, 4) is 11.4 Å². The predicted octanol–water partition coefficient (Wildman–Crippen LogP) is 7.14. The molecule has 9 nitrogen and oxygen atoms in total. The third-order valence-corrected chi connectivity index (χ3v) is 13.5. The highest BCUT2D eigenvalue weighted by Gasteiger charge is 2.36. The number of nitrogens with one attached hydrogen (secondary N) is 1. The first-order chi connectivity index (χ1) is 24.0. The van der Waals surface area contributed by atoms with Gasteiger partial charge in [-0.1, -0.05) is 51.5 Å². The molecule has 0 amide bonds. The maximum Gasteiger partial charge on any atom is 0.306 e. The van der Waals surface area contributed by atoms with Gasteiger partial charge in [0.05, 0.1) is 44.1 Å². The van der Waals surface area contributed by atoms with E-state index in [9.17, 15) is 22.5 Å². The van der Waals surface area contributed by atoms with Gasteiger partial charge in [0.15, 0.2) is 21.5 Å². The Balaban J connectivity index is 1.50. The third-order valence-electron chi connectivity index (χ3n) is 10.0. The molecule has 270 valence electrons. The highest BCUT2D eigenvalue weighted by molar-refractivity contribution is 7.91. The van der Waals surface area contributed by atoms with Crippen LogP contribution in [0.15, 0.2) is 70.6 Å². The number of fused-ring (bicyclic) bond motifs is 6. The number of sulfone groups is 1. The number of nitrogens with zero attached hydrogens (tertiary/aromatic N) is 3. The zero-order valence-electron chi connectivity index (χ0n) is 29.3. The smallest absolute Gasteiger partial charge is 0.306 e. The molecule has 5 aromatic rings. The Bertz CT molecular complexity index is 2280. The molecule has 1 aliphatic rings. The van der Waals surface area contributed by atoms with Gasteiger partial charge in [-0.15, -0.1) is 0 Å². The predicted molar refractivity (Wildman–Crippen MR) is 193 cm³/mol. The van der Waals surface area contributed by atoms with Crippen LogP contribution >= 0.6 is 0 Å². The highest BCUT2D eigenvalue weighted by atomic mass is 32.2. The molecule has 3 aromatic carbocycles. The number of carbonyl (C=O) groups is 1. The van der Waals surface area contributed by atoms with Gasteiger partial charge in [0.2, 0.25) is 0 Å². The fraction of sp³-hybridized carbons (Fsp3) is 0.395. The van der Waals surface area contributed by atoms with E-state index in [0.717, 1.165) is 11.1 Å². The van der Waals surface area contributed by atoms with Gasteiger partial charge in [-0.05, 0) is 85.0 Å². The molecular formula is C38H42F2N4O5S2. The molecule has 1 aliphatic heterocycles. The lowest BCUT2D eigenvalue weighted by molar-refractivity contribution is -0.141.